The van der Waals surface area contributed by atoms with Gasteiger partial charge in [0, 0.05) is 43.7 Å². The molecule has 1 saturated heterocycles. The fourth-order valence-electron chi connectivity index (χ4n) is 3.18. The molecule has 1 aliphatic carbocycles. The molecule has 0 aromatic carbocycles. The van der Waals surface area contributed by atoms with Gasteiger partial charge in [0.15, 0.2) is 5.13 Å². The first kappa shape index (κ1) is 14.3. The first-order chi connectivity index (χ1) is 10.1. The van der Waals surface area contributed by atoms with Crippen molar-refractivity contribution in [3.8, 4) is 0 Å². The van der Waals surface area contributed by atoms with Crippen molar-refractivity contribution in [2.75, 3.05) is 31.1 Å². The van der Waals surface area contributed by atoms with Crippen LogP contribution in [0.1, 0.15) is 19.3 Å². The van der Waals surface area contributed by atoms with E-state index in [1.165, 1.54) is 0 Å². The number of nitrogens with zero attached hydrogens (tertiary/aromatic N) is 3. The molecule has 1 N–H and O–H groups in total. The fourth-order valence-corrected chi connectivity index (χ4v) is 3.88. The molecule has 114 valence electrons. The van der Waals surface area contributed by atoms with Gasteiger partial charge in [-0.1, -0.05) is 0 Å². The summed E-state index contributed by atoms with van der Waals surface area (Å²) < 4.78 is 0. The largest absolute Gasteiger partial charge is 0.481 e. The standard InChI is InChI=1S/C14H19N3O3S/c18-12(10-1-2-11(9-10)13(19)20)16-4-6-17(7-5-16)14-15-3-8-21-14/h3,8,10-11H,1-2,4-7,9H2,(H,19,20)/t10-,11+/m1/s1. The number of aliphatic carboxylic acids is 1. The minimum atomic E-state index is -0.765. The Hall–Kier alpha value is -1.63. The molecule has 3 rings (SSSR count). The van der Waals surface area contributed by atoms with E-state index in [1.807, 2.05) is 10.3 Å². The predicted octanol–water partition coefficient (Wildman–Crippen LogP) is 1.29. The number of amides is 1. The van der Waals surface area contributed by atoms with Crippen LogP contribution in [-0.2, 0) is 9.59 Å². The summed E-state index contributed by atoms with van der Waals surface area (Å²) in [5.41, 5.74) is 0. The third-order valence-corrected chi connectivity index (χ3v) is 5.24. The molecular formula is C14H19N3O3S. The summed E-state index contributed by atoms with van der Waals surface area (Å²) in [6.07, 6.45) is 3.64. The Bertz CT molecular complexity index is 512. The minimum absolute atomic E-state index is 0.0995. The molecule has 0 bridgehead atoms. The van der Waals surface area contributed by atoms with Crippen LogP contribution in [0.5, 0.6) is 0 Å². The SMILES string of the molecule is O=C(O)[C@H]1CC[C@@H](C(=O)N2CCN(c3nccs3)CC2)C1. The van der Waals surface area contributed by atoms with Gasteiger partial charge in [-0.15, -0.1) is 11.3 Å². The van der Waals surface area contributed by atoms with Crippen molar-refractivity contribution in [1.29, 1.82) is 0 Å². The van der Waals surface area contributed by atoms with Crippen LogP contribution < -0.4 is 4.90 Å². The molecule has 1 amide bonds. The summed E-state index contributed by atoms with van der Waals surface area (Å²) in [6, 6.07) is 0. The number of carbonyl (C=O) groups excluding carboxylic acids is 1. The molecule has 2 heterocycles. The van der Waals surface area contributed by atoms with E-state index in [1.54, 1.807) is 17.5 Å². The van der Waals surface area contributed by atoms with E-state index in [2.05, 4.69) is 9.88 Å². The van der Waals surface area contributed by atoms with Crippen LogP contribution in [0.3, 0.4) is 0 Å². The van der Waals surface area contributed by atoms with E-state index in [0.717, 1.165) is 18.2 Å². The lowest BCUT2D eigenvalue weighted by Crippen LogP contribution is -2.50. The number of piperazine rings is 1. The fraction of sp³-hybridized carbons (Fsp3) is 0.643. The number of thiazole rings is 1. The minimum Gasteiger partial charge on any atom is -0.481 e. The molecule has 2 fully saturated rings. The summed E-state index contributed by atoms with van der Waals surface area (Å²) in [5, 5.41) is 12.0. The second-order valence-electron chi connectivity index (χ2n) is 5.67. The van der Waals surface area contributed by atoms with Crippen molar-refractivity contribution >= 4 is 28.3 Å². The van der Waals surface area contributed by atoms with Crippen LogP contribution in [0.25, 0.3) is 0 Å². The van der Waals surface area contributed by atoms with Crippen molar-refractivity contribution in [2.45, 2.75) is 19.3 Å². The average Bonchev–Trinajstić information content (AvgIpc) is 3.18. The van der Waals surface area contributed by atoms with Gasteiger partial charge in [0.1, 0.15) is 0 Å². The topological polar surface area (TPSA) is 73.7 Å². The third kappa shape index (κ3) is 3.02. The van der Waals surface area contributed by atoms with Gasteiger partial charge in [0.2, 0.25) is 5.91 Å². The van der Waals surface area contributed by atoms with E-state index < -0.39 is 5.97 Å². The Morgan fingerprint density at radius 3 is 2.48 bits per heavy atom. The summed E-state index contributed by atoms with van der Waals surface area (Å²) in [6.45, 7) is 3.00. The van der Waals surface area contributed by atoms with Gasteiger partial charge in [-0.05, 0) is 19.3 Å². The molecule has 7 heteroatoms. The van der Waals surface area contributed by atoms with Crippen LogP contribution in [0.4, 0.5) is 5.13 Å². The molecule has 6 nitrogen and oxygen atoms in total. The van der Waals surface area contributed by atoms with Crippen molar-refractivity contribution in [2.24, 2.45) is 11.8 Å². The molecule has 2 aliphatic rings. The van der Waals surface area contributed by atoms with Crippen LogP contribution >= 0.6 is 11.3 Å². The lowest BCUT2D eigenvalue weighted by Gasteiger charge is -2.35. The maximum atomic E-state index is 12.5. The molecule has 1 aromatic rings. The molecule has 21 heavy (non-hydrogen) atoms. The summed E-state index contributed by atoms with van der Waals surface area (Å²) >= 11 is 1.61. The normalized spacial score (nSPS) is 26.1. The number of carboxylic acids is 1. The van der Waals surface area contributed by atoms with Gasteiger partial charge in [0.05, 0.1) is 5.92 Å². The molecule has 0 unspecified atom stereocenters. The van der Waals surface area contributed by atoms with Gasteiger partial charge in [-0.2, -0.15) is 0 Å². The Balaban J connectivity index is 1.52. The number of hydrogen-bond donors (Lipinski definition) is 1. The average molecular weight is 309 g/mol. The van der Waals surface area contributed by atoms with Gasteiger partial charge in [-0.25, -0.2) is 4.98 Å². The lowest BCUT2D eigenvalue weighted by molar-refractivity contribution is -0.141. The summed E-state index contributed by atoms with van der Waals surface area (Å²) in [5.74, 6) is -1.07. The van der Waals surface area contributed by atoms with Gasteiger partial charge in [0.25, 0.3) is 0 Å². The first-order valence-corrected chi connectivity index (χ1v) is 8.19. The van der Waals surface area contributed by atoms with E-state index in [4.69, 9.17) is 5.11 Å². The predicted molar refractivity (Wildman–Crippen MR) is 79.4 cm³/mol. The quantitative estimate of drug-likeness (QED) is 0.911. The number of carbonyl (C=O) groups is 2. The zero-order valence-corrected chi connectivity index (χ0v) is 12.6. The Morgan fingerprint density at radius 2 is 1.90 bits per heavy atom. The molecular weight excluding hydrogens is 290 g/mol. The Morgan fingerprint density at radius 1 is 1.19 bits per heavy atom. The first-order valence-electron chi connectivity index (χ1n) is 7.31. The van der Waals surface area contributed by atoms with Crippen LogP contribution in [-0.4, -0.2) is 53.0 Å². The molecule has 1 aliphatic heterocycles. The second-order valence-corrected chi connectivity index (χ2v) is 6.55. The Labute approximate surface area is 127 Å². The summed E-state index contributed by atoms with van der Waals surface area (Å²) in [7, 11) is 0. The smallest absolute Gasteiger partial charge is 0.306 e. The van der Waals surface area contributed by atoms with Crippen molar-refractivity contribution in [3.63, 3.8) is 0 Å². The highest BCUT2D eigenvalue weighted by Crippen LogP contribution is 2.32. The van der Waals surface area contributed by atoms with E-state index in [-0.39, 0.29) is 17.7 Å². The zero-order chi connectivity index (χ0) is 14.8. The number of anilines is 1. The highest BCUT2D eigenvalue weighted by Gasteiger charge is 2.36. The maximum Gasteiger partial charge on any atom is 0.306 e. The van der Waals surface area contributed by atoms with Crippen LogP contribution in [0.15, 0.2) is 11.6 Å². The zero-order valence-electron chi connectivity index (χ0n) is 11.8. The highest BCUT2D eigenvalue weighted by molar-refractivity contribution is 7.13. The number of carboxylic acid groups (broad SMARTS) is 1. The second kappa shape index (κ2) is 6.01. The molecule has 0 spiro atoms. The maximum absolute atomic E-state index is 12.5. The lowest BCUT2D eigenvalue weighted by atomic mass is 10.0. The van der Waals surface area contributed by atoms with Crippen LogP contribution in [0, 0.1) is 11.8 Å². The molecule has 1 saturated carbocycles. The number of hydrogen-bond acceptors (Lipinski definition) is 5. The van der Waals surface area contributed by atoms with Crippen molar-refractivity contribution in [1.82, 2.24) is 9.88 Å². The molecule has 0 radical (unpaired) electrons. The van der Waals surface area contributed by atoms with Crippen LogP contribution in [0.2, 0.25) is 0 Å². The van der Waals surface area contributed by atoms with Gasteiger partial charge in [-0.3, -0.25) is 9.59 Å². The molecule has 2 atom stereocenters. The highest BCUT2D eigenvalue weighted by atomic mass is 32.1. The number of rotatable bonds is 3. The third-order valence-electron chi connectivity index (χ3n) is 4.41. The van der Waals surface area contributed by atoms with Gasteiger partial charge < -0.3 is 14.9 Å². The molecule has 1 aromatic heterocycles. The Kier molecular flexibility index (Phi) is 4.10. The van der Waals surface area contributed by atoms with Gasteiger partial charge >= 0.3 is 5.97 Å². The van der Waals surface area contributed by atoms with E-state index in [9.17, 15) is 9.59 Å². The van der Waals surface area contributed by atoms with Crippen molar-refractivity contribution < 1.29 is 14.7 Å². The van der Waals surface area contributed by atoms with E-state index >= 15 is 0 Å². The summed E-state index contributed by atoms with van der Waals surface area (Å²) in [4.78, 5) is 31.8. The van der Waals surface area contributed by atoms with E-state index in [0.29, 0.717) is 32.4 Å². The van der Waals surface area contributed by atoms with Crippen molar-refractivity contribution in [3.05, 3.63) is 11.6 Å². The number of aromatic nitrogens is 1. The monoisotopic (exact) mass is 309 g/mol.